The van der Waals surface area contributed by atoms with E-state index in [9.17, 15) is 18.7 Å². The van der Waals surface area contributed by atoms with Gasteiger partial charge in [0.15, 0.2) is 5.60 Å². The first-order valence-electron chi connectivity index (χ1n) is 6.09. The average Bonchev–Trinajstić information content (AvgIpc) is 2.33. The lowest BCUT2D eigenvalue weighted by molar-refractivity contribution is -0.142. The van der Waals surface area contributed by atoms with Gasteiger partial charge in [-0.25, -0.2) is 8.78 Å². The van der Waals surface area contributed by atoms with E-state index in [-0.39, 0.29) is 13.1 Å². The monoisotopic (exact) mass is 270 g/mol. The highest BCUT2D eigenvalue weighted by molar-refractivity contribution is 5.83. The van der Waals surface area contributed by atoms with Crippen molar-refractivity contribution in [3.63, 3.8) is 0 Å². The Morgan fingerprint density at radius 2 is 2.21 bits per heavy atom. The number of benzene rings is 1. The van der Waals surface area contributed by atoms with Crippen LogP contribution in [0.3, 0.4) is 0 Å². The molecule has 6 heteroatoms. The highest BCUT2D eigenvalue weighted by Crippen LogP contribution is 2.23. The van der Waals surface area contributed by atoms with E-state index in [0.29, 0.717) is 24.9 Å². The maximum absolute atomic E-state index is 13.5. The van der Waals surface area contributed by atoms with Crippen LogP contribution < -0.4 is 5.73 Å². The molecule has 1 saturated heterocycles. The molecule has 1 aliphatic rings. The van der Waals surface area contributed by atoms with Gasteiger partial charge in [-0.2, -0.15) is 0 Å². The molecule has 1 heterocycles. The molecule has 0 aromatic heterocycles. The Balaban J connectivity index is 2.09. The van der Waals surface area contributed by atoms with Crippen molar-refractivity contribution in [2.24, 2.45) is 5.73 Å². The van der Waals surface area contributed by atoms with Gasteiger partial charge in [-0.1, -0.05) is 6.07 Å². The summed E-state index contributed by atoms with van der Waals surface area (Å²) in [5.41, 5.74) is 3.94. The molecule has 1 aromatic rings. The summed E-state index contributed by atoms with van der Waals surface area (Å²) in [4.78, 5) is 12.9. The molecule has 0 spiro atoms. The van der Waals surface area contributed by atoms with E-state index in [1.165, 1.54) is 12.1 Å². The quantitative estimate of drug-likeness (QED) is 0.853. The Morgan fingerprint density at radius 1 is 1.47 bits per heavy atom. The number of rotatable bonds is 3. The number of β-amino-alcohol motifs (C(OH)–C–C–N with tert-alkyl or cyclic N) is 1. The van der Waals surface area contributed by atoms with E-state index in [1.807, 2.05) is 0 Å². The molecule has 1 amide bonds. The first-order chi connectivity index (χ1) is 8.90. The third-order valence-corrected chi connectivity index (χ3v) is 3.42. The van der Waals surface area contributed by atoms with E-state index in [0.717, 1.165) is 6.07 Å². The maximum Gasteiger partial charge on any atom is 0.250 e. The van der Waals surface area contributed by atoms with Gasteiger partial charge in [0.05, 0.1) is 0 Å². The van der Waals surface area contributed by atoms with Crippen molar-refractivity contribution in [2.75, 3.05) is 13.1 Å². The van der Waals surface area contributed by atoms with Crippen LogP contribution >= 0.6 is 0 Å². The van der Waals surface area contributed by atoms with E-state index in [4.69, 9.17) is 5.73 Å². The zero-order valence-electron chi connectivity index (χ0n) is 10.4. The predicted molar refractivity (Wildman–Crippen MR) is 65.0 cm³/mol. The van der Waals surface area contributed by atoms with Gasteiger partial charge < -0.3 is 10.8 Å². The normalized spacial score (nSPS) is 24.4. The molecule has 0 aliphatic carbocycles. The van der Waals surface area contributed by atoms with Crippen LogP contribution in [0.4, 0.5) is 8.78 Å². The third-order valence-electron chi connectivity index (χ3n) is 3.42. The fourth-order valence-corrected chi connectivity index (χ4v) is 2.35. The highest BCUT2D eigenvalue weighted by atomic mass is 19.1. The summed E-state index contributed by atoms with van der Waals surface area (Å²) in [5.74, 6) is -2.03. The van der Waals surface area contributed by atoms with Gasteiger partial charge in [0.1, 0.15) is 11.6 Å². The molecule has 2 rings (SSSR count). The van der Waals surface area contributed by atoms with Crippen molar-refractivity contribution in [1.82, 2.24) is 4.90 Å². The molecule has 0 unspecified atom stereocenters. The van der Waals surface area contributed by atoms with Gasteiger partial charge in [0.2, 0.25) is 0 Å². The molecule has 104 valence electrons. The summed E-state index contributed by atoms with van der Waals surface area (Å²) in [5, 5.41) is 10.0. The van der Waals surface area contributed by atoms with Gasteiger partial charge >= 0.3 is 0 Å². The van der Waals surface area contributed by atoms with E-state index in [2.05, 4.69) is 0 Å². The van der Waals surface area contributed by atoms with Crippen molar-refractivity contribution < 1.29 is 18.7 Å². The number of primary amides is 1. The number of amides is 1. The molecule has 0 saturated carbocycles. The second-order valence-electron chi connectivity index (χ2n) is 4.95. The number of carbonyl (C=O) groups is 1. The molecule has 4 nitrogen and oxygen atoms in total. The summed E-state index contributed by atoms with van der Waals surface area (Å²) in [6.45, 7) is 0.910. The van der Waals surface area contributed by atoms with Crippen molar-refractivity contribution >= 4 is 5.91 Å². The molecular formula is C13H16F2N2O2. The molecule has 19 heavy (non-hydrogen) atoms. The van der Waals surface area contributed by atoms with Crippen LogP contribution in [0.25, 0.3) is 0 Å². The fraction of sp³-hybridized carbons (Fsp3) is 0.462. The van der Waals surface area contributed by atoms with Crippen LogP contribution in [0.15, 0.2) is 18.2 Å². The number of hydrogen-bond donors (Lipinski definition) is 2. The third kappa shape index (κ3) is 3.08. The fourth-order valence-electron chi connectivity index (χ4n) is 2.35. The summed E-state index contributed by atoms with van der Waals surface area (Å²) < 4.78 is 26.3. The van der Waals surface area contributed by atoms with Crippen LogP contribution in [0, 0.1) is 11.6 Å². The van der Waals surface area contributed by atoms with E-state index in [1.54, 1.807) is 4.90 Å². The van der Waals surface area contributed by atoms with Gasteiger partial charge in [-0.05, 0) is 25.5 Å². The highest BCUT2D eigenvalue weighted by Gasteiger charge is 2.38. The lowest BCUT2D eigenvalue weighted by Gasteiger charge is -2.37. The Kier molecular flexibility index (Phi) is 3.82. The summed E-state index contributed by atoms with van der Waals surface area (Å²) in [6, 6.07) is 3.37. The number of piperidine rings is 1. The standard InChI is InChI=1S/C13H16F2N2O2/c14-10-3-2-9(11(15)6-10)7-17-5-1-4-13(19,8-17)12(16)18/h2-3,6,19H,1,4-5,7-8H2,(H2,16,18)/t13-/m1/s1. The molecule has 1 fully saturated rings. The number of aliphatic hydroxyl groups is 1. The second kappa shape index (κ2) is 5.22. The lowest BCUT2D eigenvalue weighted by atomic mass is 9.92. The minimum absolute atomic E-state index is 0.0686. The largest absolute Gasteiger partial charge is 0.379 e. The van der Waals surface area contributed by atoms with Gasteiger partial charge in [0.25, 0.3) is 5.91 Å². The topological polar surface area (TPSA) is 66.6 Å². The van der Waals surface area contributed by atoms with Crippen molar-refractivity contribution in [3.05, 3.63) is 35.4 Å². The molecule has 3 N–H and O–H groups in total. The second-order valence-corrected chi connectivity index (χ2v) is 4.95. The number of halogens is 2. The Bertz CT molecular complexity index is 496. The number of nitrogens with two attached hydrogens (primary N) is 1. The molecule has 1 aromatic carbocycles. The molecular weight excluding hydrogens is 254 g/mol. The average molecular weight is 270 g/mol. The van der Waals surface area contributed by atoms with Crippen LogP contribution in [-0.2, 0) is 11.3 Å². The smallest absolute Gasteiger partial charge is 0.250 e. The minimum atomic E-state index is -1.56. The molecule has 1 atom stereocenters. The lowest BCUT2D eigenvalue weighted by Crippen LogP contribution is -2.55. The van der Waals surface area contributed by atoms with Crippen LogP contribution in [-0.4, -0.2) is 34.6 Å². The van der Waals surface area contributed by atoms with Gasteiger partial charge in [-0.15, -0.1) is 0 Å². The van der Waals surface area contributed by atoms with Crippen molar-refractivity contribution in [2.45, 2.75) is 25.0 Å². The number of hydrogen-bond acceptors (Lipinski definition) is 3. The summed E-state index contributed by atoms with van der Waals surface area (Å²) >= 11 is 0. The molecule has 0 radical (unpaired) electrons. The van der Waals surface area contributed by atoms with Gasteiger partial charge in [-0.3, -0.25) is 9.69 Å². The molecule has 1 aliphatic heterocycles. The zero-order valence-corrected chi connectivity index (χ0v) is 10.4. The maximum atomic E-state index is 13.5. The van der Waals surface area contributed by atoms with Crippen LogP contribution in [0.5, 0.6) is 0 Å². The van der Waals surface area contributed by atoms with E-state index < -0.39 is 23.1 Å². The first kappa shape index (κ1) is 13.9. The van der Waals surface area contributed by atoms with Crippen LogP contribution in [0.2, 0.25) is 0 Å². The van der Waals surface area contributed by atoms with Crippen LogP contribution in [0.1, 0.15) is 18.4 Å². The number of likely N-dealkylation sites (tertiary alicyclic amines) is 1. The van der Waals surface area contributed by atoms with E-state index >= 15 is 0 Å². The minimum Gasteiger partial charge on any atom is -0.379 e. The summed E-state index contributed by atoms with van der Waals surface area (Å²) in [6.07, 6.45) is 0.910. The summed E-state index contributed by atoms with van der Waals surface area (Å²) in [7, 11) is 0. The van der Waals surface area contributed by atoms with Gasteiger partial charge in [0, 0.05) is 24.7 Å². The Hall–Kier alpha value is -1.53. The Morgan fingerprint density at radius 3 is 2.84 bits per heavy atom. The predicted octanol–water partition coefficient (Wildman–Crippen LogP) is 0.777. The molecule has 0 bridgehead atoms. The number of nitrogens with zero attached hydrogens (tertiary/aromatic N) is 1. The Labute approximate surface area is 109 Å². The first-order valence-corrected chi connectivity index (χ1v) is 6.09. The van der Waals surface area contributed by atoms with Crippen molar-refractivity contribution in [1.29, 1.82) is 0 Å². The number of carbonyl (C=O) groups excluding carboxylic acids is 1. The SMILES string of the molecule is NC(=O)[C@@]1(O)CCCN(Cc2ccc(F)cc2F)C1. The zero-order chi connectivity index (χ0) is 14.0. The van der Waals surface area contributed by atoms with Crippen molar-refractivity contribution in [3.8, 4) is 0 Å².